The van der Waals surface area contributed by atoms with Crippen molar-refractivity contribution in [3.63, 3.8) is 0 Å². The van der Waals surface area contributed by atoms with Crippen molar-refractivity contribution in [2.45, 2.75) is 105 Å². The predicted molar refractivity (Wildman–Crippen MR) is 232 cm³/mol. The van der Waals surface area contributed by atoms with Crippen LogP contribution in [0.2, 0.25) is 10.0 Å². The van der Waals surface area contributed by atoms with Gasteiger partial charge in [0.25, 0.3) is 11.8 Å². The third-order valence-electron chi connectivity index (χ3n) is 9.47. The molecule has 0 saturated carbocycles. The van der Waals surface area contributed by atoms with Gasteiger partial charge in [-0.2, -0.15) is 0 Å². The van der Waals surface area contributed by atoms with Crippen LogP contribution >= 0.6 is 23.2 Å². The number of benzene rings is 2. The van der Waals surface area contributed by atoms with Gasteiger partial charge in [-0.25, -0.2) is 4.79 Å². The van der Waals surface area contributed by atoms with E-state index in [1.807, 2.05) is 65.0 Å². The lowest BCUT2D eigenvalue weighted by Crippen LogP contribution is -2.52. The van der Waals surface area contributed by atoms with Gasteiger partial charge in [0.15, 0.2) is 0 Å². The number of hydrogen-bond donors (Lipinski definition) is 4. The zero-order chi connectivity index (χ0) is 43.3. The number of rotatable bonds is 13. The van der Waals surface area contributed by atoms with Crippen LogP contribution in [0.4, 0.5) is 4.79 Å². The lowest BCUT2D eigenvalue weighted by Gasteiger charge is -2.33. The molecule has 0 aliphatic carbocycles. The van der Waals surface area contributed by atoms with E-state index in [9.17, 15) is 14.4 Å². The Balaban J connectivity index is 0.000000230. The fourth-order valence-electron chi connectivity index (χ4n) is 7.41. The summed E-state index contributed by atoms with van der Waals surface area (Å²) in [6.45, 7) is 19.3. The zero-order valence-corrected chi connectivity index (χ0v) is 36.9. The molecule has 5 N–H and O–H groups in total. The second-order valence-electron chi connectivity index (χ2n) is 17.6. The van der Waals surface area contributed by atoms with E-state index in [4.69, 9.17) is 43.1 Å². The van der Waals surface area contributed by atoms with Crippen molar-refractivity contribution >= 4 is 41.1 Å². The van der Waals surface area contributed by atoms with Crippen LogP contribution < -0.4 is 31.2 Å². The summed E-state index contributed by atoms with van der Waals surface area (Å²) < 4.78 is 17.3. The lowest BCUT2D eigenvalue weighted by atomic mass is 9.91. The molecule has 12 nitrogen and oxygen atoms in total. The molecule has 3 amide bonds. The molecule has 4 heterocycles. The van der Waals surface area contributed by atoms with Crippen molar-refractivity contribution in [1.29, 1.82) is 0 Å². The van der Waals surface area contributed by atoms with Gasteiger partial charge in [-0.3, -0.25) is 19.6 Å². The molecule has 2 aliphatic rings. The Morgan fingerprint density at radius 1 is 0.746 bits per heavy atom. The summed E-state index contributed by atoms with van der Waals surface area (Å²) >= 11 is 13.0. The normalized spacial score (nSPS) is 15.2. The molecule has 2 aliphatic heterocycles. The van der Waals surface area contributed by atoms with Crippen LogP contribution in [0.5, 0.6) is 11.5 Å². The number of ether oxygens (including phenoxy) is 3. The first kappa shape index (κ1) is 45.2. The Morgan fingerprint density at radius 2 is 1.20 bits per heavy atom. The first-order valence-corrected chi connectivity index (χ1v) is 20.6. The molecule has 316 valence electrons. The number of amides is 3. The van der Waals surface area contributed by atoms with Crippen LogP contribution in [-0.4, -0.2) is 57.8 Å². The smallest absolute Gasteiger partial charge is 0.408 e. The summed E-state index contributed by atoms with van der Waals surface area (Å²) in [6.07, 6.45) is 4.46. The van der Waals surface area contributed by atoms with Crippen molar-refractivity contribution in [2.75, 3.05) is 13.2 Å². The summed E-state index contributed by atoms with van der Waals surface area (Å²) in [5, 5.41) is 9.47. The van der Waals surface area contributed by atoms with Gasteiger partial charge < -0.3 is 35.9 Å². The quantitative estimate of drug-likeness (QED) is 0.103. The van der Waals surface area contributed by atoms with Gasteiger partial charge in [-0.1, -0.05) is 63.0 Å². The number of carbonyl (C=O) groups is 3. The SMILES string of the molecule is CC(C)C[C@@](C)(COc1ccc(-c2ccnc3c2C(=O)NC3)cc1Cl)NC(=O)OC(C)(C)C.CC(C)C[C@](C)(N)COc1ccc(-c2ccnc3c2C(=O)NC3)cc1Cl. The Bertz CT molecular complexity index is 2190. The Hall–Kier alpha value is -4.91. The fraction of sp³-hybridized carbons (Fsp3) is 0.444. The third kappa shape index (κ3) is 12.1. The topological polar surface area (TPSA) is 167 Å². The summed E-state index contributed by atoms with van der Waals surface area (Å²) in [6, 6.07) is 14.6. The molecule has 0 radical (unpaired) electrons. The minimum Gasteiger partial charge on any atom is -0.490 e. The maximum Gasteiger partial charge on any atom is 0.408 e. The van der Waals surface area contributed by atoms with Crippen molar-refractivity contribution in [3.05, 3.63) is 93.5 Å². The highest BCUT2D eigenvalue weighted by Crippen LogP contribution is 2.36. The van der Waals surface area contributed by atoms with Gasteiger partial charge in [-0.05, 0) is 118 Å². The number of pyridine rings is 2. The maximum atomic E-state index is 12.4. The third-order valence-corrected chi connectivity index (χ3v) is 10.1. The Morgan fingerprint density at radius 3 is 1.63 bits per heavy atom. The first-order valence-electron chi connectivity index (χ1n) is 19.8. The van der Waals surface area contributed by atoms with Crippen LogP contribution in [0, 0.1) is 11.8 Å². The number of nitrogens with one attached hydrogen (secondary N) is 3. The number of aromatic nitrogens is 2. The standard InChI is InChI=1S/C25H32ClN3O4.C20H24ClN3O2/c1-15(2)12-25(6,29-23(31)33-24(3,4)5)14-32-20-8-7-16(11-18(20)26)17-9-10-27-19-13-28-22(30)21(17)19;1-12(2)9-20(3,22)11-26-17-5-4-13(8-15(17)21)14-6-7-23-16-10-24-19(25)18(14)16/h7-11,15H,12-14H2,1-6H3,(H,28,30)(H,29,31);4-8,12H,9-11,22H2,1-3H3,(H,24,25)/t25-;20-/m00/s1. The molecule has 0 fully saturated rings. The summed E-state index contributed by atoms with van der Waals surface area (Å²) in [5.74, 6) is 1.66. The van der Waals surface area contributed by atoms with E-state index in [1.165, 1.54) is 0 Å². The molecule has 6 rings (SSSR count). The summed E-state index contributed by atoms with van der Waals surface area (Å²) in [4.78, 5) is 45.3. The van der Waals surface area contributed by atoms with E-state index in [0.717, 1.165) is 40.1 Å². The second-order valence-corrected chi connectivity index (χ2v) is 18.4. The van der Waals surface area contributed by atoms with E-state index in [-0.39, 0.29) is 18.4 Å². The highest BCUT2D eigenvalue weighted by Gasteiger charge is 2.32. The van der Waals surface area contributed by atoms with E-state index < -0.39 is 22.8 Å². The monoisotopic (exact) mass is 846 g/mol. The molecule has 0 spiro atoms. The summed E-state index contributed by atoms with van der Waals surface area (Å²) in [7, 11) is 0. The summed E-state index contributed by atoms with van der Waals surface area (Å²) in [5.41, 5.74) is 10.6. The van der Waals surface area contributed by atoms with Crippen molar-refractivity contribution in [1.82, 2.24) is 25.9 Å². The Kier molecular flexibility index (Phi) is 14.2. The number of fused-ring (bicyclic) bond motifs is 2. The molecular formula is C45H56Cl2N6O6. The maximum absolute atomic E-state index is 12.4. The number of nitrogens with two attached hydrogens (primary N) is 1. The number of hydrogen-bond acceptors (Lipinski definition) is 9. The molecule has 2 atom stereocenters. The number of halogens is 2. The Labute approximate surface area is 357 Å². The van der Waals surface area contributed by atoms with Gasteiger partial charge >= 0.3 is 6.09 Å². The molecule has 2 aromatic carbocycles. The number of alkyl carbamates (subject to hydrolysis) is 1. The number of nitrogens with zero attached hydrogens (tertiary/aromatic N) is 2. The van der Waals surface area contributed by atoms with Crippen LogP contribution in [0.3, 0.4) is 0 Å². The highest BCUT2D eigenvalue weighted by atomic mass is 35.5. The highest BCUT2D eigenvalue weighted by molar-refractivity contribution is 6.32. The number of carbonyl (C=O) groups excluding carboxylic acids is 3. The minimum atomic E-state index is -0.650. The van der Waals surface area contributed by atoms with E-state index in [2.05, 4.69) is 53.6 Å². The zero-order valence-electron chi connectivity index (χ0n) is 35.3. The van der Waals surface area contributed by atoms with Crippen molar-refractivity contribution in [2.24, 2.45) is 17.6 Å². The molecule has 4 aromatic rings. The predicted octanol–water partition coefficient (Wildman–Crippen LogP) is 9.14. The molecule has 0 unspecified atom stereocenters. The van der Waals surface area contributed by atoms with E-state index in [1.54, 1.807) is 30.6 Å². The first-order chi connectivity index (χ1) is 27.6. The van der Waals surface area contributed by atoms with Gasteiger partial charge in [0.1, 0.15) is 30.3 Å². The minimum absolute atomic E-state index is 0.105. The molecule has 0 bridgehead atoms. The average Bonchev–Trinajstić information content (AvgIpc) is 3.71. The van der Waals surface area contributed by atoms with E-state index in [0.29, 0.717) is 70.6 Å². The lowest BCUT2D eigenvalue weighted by molar-refractivity contribution is 0.0407. The van der Waals surface area contributed by atoms with Crippen molar-refractivity contribution < 1.29 is 28.6 Å². The molecule has 59 heavy (non-hydrogen) atoms. The van der Waals surface area contributed by atoms with Gasteiger partial charge in [0.2, 0.25) is 0 Å². The largest absolute Gasteiger partial charge is 0.490 e. The van der Waals surface area contributed by atoms with Gasteiger partial charge in [-0.15, -0.1) is 0 Å². The van der Waals surface area contributed by atoms with Crippen LogP contribution in [0.15, 0.2) is 60.9 Å². The average molecular weight is 848 g/mol. The molecule has 0 saturated heterocycles. The van der Waals surface area contributed by atoms with E-state index >= 15 is 0 Å². The molecule has 14 heteroatoms. The van der Waals surface area contributed by atoms with Crippen LogP contribution in [0.1, 0.15) is 107 Å². The van der Waals surface area contributed by atoms with Crippen molar-refractivity contribution in [3.8, 4) is 33.8 Å². The fourth-order valence-corrected chi connectivity index (χ4v) is 7.88. The second kappa shape index (κ2) is 18.6. The van der Waals surface area contributed by atoms with Crippen LogP contribution in [0.25, 0.3) is 22.3 Å². The van der Waals surface area contributed by atoms with Crippen LogP contribution in [-0.2, 0) is 17.8 Å². The molecule has 2 aromatic heterocycles. The molecular weight excluding hydrogens is 791 g/mol. The van der Waals surface area contributed by atoms with Gasteiger partial charge in [0, 0.05) is 17.9 Å². The van der Waals surface area contributed by atoms with Gasteiger partial charge in [0.05, 0.1) is 51.2 Å².